The minimum atomic E-state index is -0.909. The molecule has 0 spiro atoms. The van der Waals surface area contributed by atoms with Crippen molar-refractivity contribution in [3.63, 3.8) is 0 Å². The Labute approximate surface area is 79.3 Å². The fraction of sp³-hybridized carbons (Fsp3) is 0.111. The highest BCUT2D eigenvalue weighted by atomic mass is 79.9. The third kappa shape index (κ3) is 2.08. The molecule has 0 aliphatic heterocycles. The zero-order valence-electron chi connectivity index (χ0n) is 6.33. The highest BCUT2D eigenvalue weighted by Crippen LogP contribution is 2.19. The number of carbonyl (C=O) groups is 1. The van der Waals surface area contributed by atoms with Gasteiger partial charge in [0.1, 0.15) is 0 Å². The maximum absolute atomic E-state index is 10.5. The molecule has 0 aliphatic rings. The molecule has 2 nitrogen and oxygen atoms in total. The first kappa shape index (κ1) is 9.26. The molecule has 1 unspecified atom stereocenters. The number of rotatable bonds is 2. The summed E-state index contributed by atoms with van der Waals surface area (Å²) < 4.78 is 0.870. The van der Waals surface area contributed by atoms with Crippen LogP contribution in [0.5, 0.6) is 0 Å². The van der Waals surface area contributed by atoms with Gasteiger partial charge in [0.2, 0.25) is 0 Å². The lowest BCUT2D eigenvalue weighted by atomic mass is 10.0. The van der Waals surface area contributed by atoms with E-state index in [9.17, 15) is 4.79 Å². The van der Waals surface area contributed by atoms with Crippen LogP contribution in [0, 0.1) is 6.92 Å². The lowest BCUT2D eigenvalue weighted by Gasteiger charge is -2.05. The van der Waals surface area contributed by atoms with Gasteiger partial charge in [-0.1, -0.05) is 28.1 Å². The molecule has 1 rings (SSSR count). The molecular formula is C9H8BrO2. The van der Waals surface area contributed by atoms with E-state index in [4.69, 9.17) is 5.11 Å². The molecule has 63 valence electrons. The summed E-state index contributed by atoms with van der Waals surface area (Å²) in [6.07, 6.45) is 0. The average Bonchev–Trinajstić information content (AvgIpc) is 2.03. The number of carboxylic acid groups (broad SMARTS) is 1. The minimum absolute atomic E-state index is 0.692. The van der Waals surface area contributed by atoms with Crippen LogP contribution in [0.3, 0.4) is 0 Å². The van der Waals surface area contributed by atoms with E-state index in [1.165, 1.54) is 0 Å². The van der Waals surface area contributed by atoms with Crippen molar-refractivity contribution in [2.75, 3.05) is 0 Å². The van der Waals surface area contributed by atoms with Crippen LogP contribution in [-0.2, 0) is 4.79 Å². The van der Waals surface area contributed by atoms with Crippen LogP contribution < -0.4 is 0 Å². The van der Waals surface area contributed by atoms with Crippen molar-refractivity contribution in [3.8, 4) is 0 Å². The number of hydrogen-bond donors (Lipinski definition) is 1. The summed E-state index contributed by atoms with van der Waals surface area (Å²) in [4.78, 5) is 10.5. The maximum atomic E-state index is 10.5. The molecule has 0 heterocycles. The normalized spacial score (nSPS) is 12.5. The fourth-order valence-electron chi connectivity index (χ4n) is 0.866. The highest BCUT2D eigenvalue weighted by Gasteiger charge is 2.12. The highest BCUT2D eigenvalue weighted by molar-refractivity contribution is 9.10. The molecule has 0 aliphatic carbocycles. The van der Waals surface area contributed by atoms with E-state index in [1.54, 1.807) is 18.2 Å². The standard InChI is InChI=1S/C9H8BrO2/c1-6(9(11)12)7-3-2-4-8(10)5-7/h2-6H,1H2,(H,11,12). The molecule has 0 aromatic heterocycles. The van der Waals surface area contributed by atoms with Crippen molar-refractivity contribution in [1.82, 2.24) is 0 Å². The van der Waals surface area contributed by atoms with Gasteiger partial charge in [-0.2, -0.15) is 0 Å². The molecule has 1 aromatic rings. The Morgan fingerprint density at radius 1 is 1.58 bits per heavy atom. The van der Waals surface area contributed by atoms with Gasteiger partial charge in [0.25, 0.3) is 0 Å². The number of carboxylic acids is 1. The Kier molecular flexibility index (Phi) is 2.87. The van der Waals surface area contributed by atoms with Crippen LogP contribution in [0.4, 0.5) is 0 Å². The van der Waals surface area contributed by atoms with E-state index in [0.717, 1.165) is 4.47 Å². The quantitative estimate of drug-likeness (QED) is 0.843. The summed E-state index contributed by atoms with van der Waals surface area (Å²) in [6.45, 7) is 3.53. The summed E-state index contributed by atoms with van der Waals surface area (Å²) in [5.74, 6) is -1.60. The molecule has 0 fully saturated rings. The molecule has 1 N–H and O–H groups in total. The average molecular weight is 228 g/mol. The smallest absolute Gasteiger partial charge is 0.310 e. The van der Waals surface area contributed by atoms with Gasteiger partial charge in [-0.15, -0.1) is 0 Å². The minimum Gasteiger partial charge on any atom is -0.481 e. The Bertz CT molecular complexity index is 296. The second-order valence-corrected chi connectivity index (χ2v) is 3.36. The Morgan fingerprint density at radius 3 is 2.75 bits per heavy atom. The van der Waals surface area contributed by atoms with Gasteiger partial charge < -0.3 is 5.11 Å². The van der Waals surface area contributed by atoms with E-state index >= 15 is 0 Å². The molecule has 0 amide bonds. The summed E-state index contributed by atoms with van der Waals surface area (Å²) in [5, 5.41) is 8.65. The molecule has 1 atom stereocenters. The van der Waals surface area contributed by atoms with E-state index in [2.05, 4.69) is 22.9 Å². The van der Waals surface area contributed by atoms with Crippen LogP contribution in [0.2, 0.25) is 0 Å². The van der Waals surface area contributed by atoms with Crippen molar-refractivity contribution >= 4 is 21.9 Å². The van der Waals surface area contributed by atoms with Crippen LogP contribution in [0.15, 0.2) is 28.7 Å². The Balaban J connectivity index is 2.95. The van der Waals surface area contributed by atoms with E-state index in [1.807, 2.05) is 6.07 Å². The molecule has 0 bridgehead atoms. The first-order valence-corrected chi connectivity index (χ1v) is 4.22. The summed E-state index contributed by atoms with van der Waals surface area (Å²) in [7, 11) is 0. The predicted octanol–water partition coefficient (Wildman–Crippen LogP) is 2.45. The molecular weight excluding hydrogens is 220 g/mol. The summed E-state index contributed by atoms with van der Waals surface area (Å²) in [6, 6.07) is 7.14. The monoisotopic (exact) mass is 227 g/mol. The number of benzene rings is 1. The Morgan fingerprint density at radius 2 is 2.25 bits per heavy atom. The third-order valence-corrected chi connectivity index (χ3v) is 2.04. The molecule has 3 heteroatoms. The zero-order valence-corrected chi connectivity index (χ0v) is 7.91. The molecule has 0 saturated carbocycles. The summed E-state index contributed by atoms with van der Waals surface area (Å²) >= 11 is 3.26. The van der Waals surface area contributed by atoms with Gasteiger partial charge in [-0.05, 0) is 24.6 Å². The second kappa shape index (κ2) is 3.72. The van der Waals surface area contributed by atoms with Crippen LogP contribution in [-0.4, -0.2) is 11.1 Å². The van der Waals surface area contributed by atoms with Crippen molar-refractivity contribution in [3.05, 3.63) is 41.2 Å². The Hall–Kier alpha value is -0.830. The van der Waals surface area contributed by atoms with Crippen LogP contribution in [0.25, 0.3) is 0 Å². The van der Waals surface area contributed by atoms with Crippen molar-refractivity contribution in [1.29, 1.82) is 0 Å². The fourth-order valence-corrected chi connectivity index (χ4v) is 1.28. The van der Waals surface area contributed by atoms with Crippen molar-refractivity contribution in [2.45, 2.75) is 5.92 Å². The topological polar surface area (TPSA) is 37.3 Å². The van der Waals surface area contributed by atoms with Crippen molar-refractivity contribution < 1.29 is 9.90 Å². The maximum Gasteiger partial charge on any atom is 0.310 e. The first-order chi connectivity index (χ1) is 5.61. The molecule has 0 saturated heterocycles. The van der Waals surface area contributed by atoms with Crippen LogP contribution >= 0.6 is 15.9 Å². The van der Waals surface area contributed by atoms with E-state index in [0.29, 0.717) is 5.56 Å². The van der Waals surface area contributed by atoms with Crippen LogP contribution in [0.1, 0.15) is 11.5 Å². The first-order valence-electron chi connectivity index (χ1n) is 3.42. The van der Waals surface area contributed by atoms with Gasteiger partial charge in [-0.25, -0.2) is 0 Å². The molecule has 12 heavy (non-hydrogen) atoms. The predicted molar refractivity (Wildman–Crippen MR) is 49.9 cm³/mol. The lowest BCUT2D eigenvalue weighted by molar-refractivity contribution is -0.137. The number of hydrogen-bond acceptors (Lipinski definition) is 1. The van der Waals surface area contributed by atoms with Gasteiger partial charge in [-0.3, -0.25) is 4.79 Å². The van der Waals surface area contributed by atoms with E-state index in [-0.39, 0.29) is 0 Å². The lowest BCUT2D eigenvalue weighted by Crippen LogP contribution is -2.07. The van der Waals surface area contributed by atoms with Gasteiger partial charge >= 0.3 is 5.97 Å². The number of aliphatic carboxylic acids is 1. The molecule has 1 aromatic carbocycles. The second-order valence-electron chi connectivity index (χ2n) is 2.45. The third-order valence-electron chi connectivity index (χ3n) is 1.55. The van der Waals surface area contributed by atoms with Gasteiger partial charge in [0.05, 0.1) is 5.92 Å². The molecule has 1 radical (unpaired) electrons. The SMILES string of the molecule is [CH2]C(C(=O)O)c1cccc(Br)c1. The summed E-state index contributed by atoms with van der Waals surface area (Å²) in [5.41, 5.74) is 0.705. The van der Waals surface area contributed by atoms with Gasteiger partial charge in [0, 0.05) is 4.47 Å². The van der Waals surface area contributed by atoms with E-state index < -0.39 is 11.9 Å². The van der Waals surface area contributed by atoms with Gasteiger partial charge in [0.15, 0.2) is 0 Å². The largest absolute Gasteiger partial charge is 0.481 e. The van der Waals surface area contributed by atoms with Crippen molar-refractivity contribution in [2.24, 2.45) is 0 Å². The number of halogens is 1. The zero-order chi connectivity index (χ0) is 9.14.